The Balaban J connectivity index is 1.77. The minimum Gasteiger partial charge on any atom is -0.481 e. The Labute approximate surface area is 116 Å². The molecule has 1 aromatic rings. The first-order valence-corrected chi connectivity index (χ1v) is 6.78. The maximum absolute atomic E-state index is 11.7. The fourth-order valence-corrected chi connectivity index (χ4v) is 1.99. The van der Waals surface area contributed by atoms with Crippen LogP contribution in [0.1, 0.15) is 37.8 Å². The number of hydrogen-bond acceptors (Lipinski definition) is 4. The monoisotopic (exact) mass is 281 g/mol. The van der Waals surface area contributed by atoms with Crippen molar-refractivity contribution in [2.75, 3.05) is 0 Å². The predicted octanol–water partition coefficient (Wildman–Crippen LogP) is 1.29. The molecule has 20 heavy (non-hydrogen) atoms. The van der Waals surface area contributed by atoms with Crippen LogP contribution < -0.4 is 10.6 Å². The molecule has 1 aromatic heterocycles. The lowest BCUT2D eigenvalue weighted by atomic mass is 10.1. The van der Waals surface area contributed by atoms with E-state index >= 15 is 0 Å². The summed E-state index contributed by atoms with van der Waals surface area (Å²) >= 11 is 0. The highest BCUT2D eigenvalue weighted by molar-refractivity contribution is 5.75. The van der Waals surface area contributed by atoms with E-state index in [1.807, 2.05) is 6.92 Å². The molecule has 3 N–H and O–H groups in total. The van der Waals surface area contributed by atoms with Crippen LogP contribution in [-0.4, -0.2) is 28.1 Å². The molecule has 1 aliphatic rings. The molecule has 2 amide bonds. The van der Waals surface area contributed by atoms with Crippen molar-refractivity contribution in [3.63, 3.8) is 0 Å². The Morgan fingerprint density at radius 2 is 2.30 bits per heavy atom. The van der Waals surface area contributed by atoms with Crippen molar-refractivity contribution in [3.05, 3.63) is 17.8 Å². The molecule has 0 aliphatic heterocycles. The molecule has 0 bridgehead atoms. The Morgan fingerprint density at radius 1 is 1.55 bits per heavy atom. The van der Waals surface area contributed by atoms with Gasteiger partial charge in [0, 0.05) is 12.5 Å². The van der Waals surface area contributed by atoms with E-state index in [0.717, 1.165) is 25.0 Å². The summed E-state index contributed by atoms with van der Waals surface area (Å²) in [6.45, 7) is 2.15. The number of aromatic nitrogens is 1. The topological polar surface area (TPSA) is 104 Å². The summed E-state index contributed by atoms with van der Waals surface area (Å²) in [6.07, 6.45) is 4.28. The van der Waals surface area contributed by atoms with Crippen molar-refractivity contribution in [3.8, 4) is 0 Å². The van der Waals surface area contributed by atoms with Gasteiger partial charge in [-0.05, 0) is 18.8 Å². The number of amides is 2. The van der Waals surface area contributed by atoms with E-state index in [2.05, 4.69) is 15.6 Å². The molecule has 0 spiro atoms. The number of carbonyl (C=O) groups excluding carboxylic acids is 1. The summed E-state index contributed by atoms with van der Waals surface area (Å²) in [7, 11) is 0. The molecule has 1 aliphatic carbocycles. The molecule has 0 radical (unpaired) electrons. The third kappa shape index (κ3) is 4.25. The molecule has 0 saturated heterocycles. The van der Waals surface area contributed by atoms with Crippen LogP contribution in [-0.2, 0) is 17.8 Å². The summed E-state index contributed by atoms with van der Waals surface area (Å²) in [6, 6.07) is -0.692. The normalized spacial score (nSPS) is 15.7. The number of aliphatic carboxylic acids is 1. The van der Waals surface area contributed by atoms with Gasteiger partial charge in [-0.25, -0.2) is 9.78 Å². The van der Waals surface area contributed by atoms with Gasteiger partial charge in [0.1, 0.15) is 5.76 Å². The number of nitrogens with zero attached hydrogens (tertiary/aromatic N) is 1. The van der Waals surface area contributed by atoms with Gasteiger partial charge < -0.3 is 20.2 Å². The van der Waals surface area contributed by atoms with Gasteiger partial charge in [0.15, 0.2) is 0 Å². The minimum atomic E-state index is -0.900. The zero-order valence-electron chi connectivity index (χ0n) is 11.4. The van der Waals surface area contributed by atoms with Gasteiger partial charge in [0.05, 0.1) is 19.2 Å². The van der Waals surface area contributed by atoms with E-state index in [-0.39, 0.29) is 31.0 Å². The zero-order valence-corrected chi connectivity index (χ0v) is 11.4. The summed E-state index contributed by atoms with van der Waals surface area (Å²) < 4.78 is 5.36. The van der Waals surface area contributed by atoms with Gasteiger partial charge >= 0.3 is 12.0 Å². The van der Waals surface area contributed by atoms with Crippen LogP contribution in [0.5, 0.6) is 0 Å². The van der Waals surface area contributed by atoms with E-state index < -0.39 is 5.97 Å². The molecule has 7 heteroatoms. The quantitative estimate of drug-likeness (QED) is 0.698. The smallest absolute Gasteiger partial charge is 0.315 e. The van der Waals surface area contributed by atoms with E-state index in [1.54, 1.807) is 6.20 Å². The van der Waals surface area contributed by atoms with Crippen LogP contribution in [0, 0.1) is 5.92 Å². The van der Waals surface area contributed by atoms with Crippen molar-refractivity contribution < 1.29 is 19.1 Å². The van der Waals surface area contributed by atoms with Crippen LogP contribution >= 0.6 is 0 Å². The van der Waals surface area contributed by atoms with Gasteiger partial charge in [0.25, 0.3) is 0 Å². The Bertz CT molecular complexity index is 482. The molecule has 1 saturated carbocycles. The van der Waals surface area contributed by atoms with Gasteiger partial charge in [-0.1, -0.05) is 6.92 Å². The lowest BCUT2D eigenvalue weighted by Gasteiger charge is -2.16. The summed E-state index contributed by atoms with van der Waals surface area (Å²) in [5.41, 5.74) is 0. The first kappa shape index (κ1) is 14.4. The van der Waals surface area contributed by atoms with Crippen molar-refractivity contribution in [1.82, 2.24) is 15.6 Å². The third-order valence-electron chi connectivity index (χ3n) is 3.25. The summed E-state index contributed by atoms with van der Waals surface area (Å²) in [5.74, 6) is 0.593. The van der Waals surface area contributed by atoms with Gasteiger partial charge in [0.2, 0.25) is 5.89 Å². The van der Waals surface area contributed by atoms with E-state index in [9.17, 15) is 9.59 Å². The van der Waals surface area contributed by atoms with Gasteiger partial charge in [-0.3, -0.25) is 4.79 Å². The van der Waals surface area contributed by atoms with Crippen molar-refractivity contribution in [1.29, 1.82) is 0 Å². The number of carboxylic acids is 1. The van der Waals surface area contributed by atoms with Crippen molar-refractivity contribution in [2.45, 2.75) is 45.2 Å². The fraction of sp³-hybridized carbons (Fsp3) is 0.615. The molecule has 1 heterocycles. The van der Waals surface area contributed by atoms with Gasteiger partial charge in [-0.2, -0.15) is 0 Å². The fourth-order valence-electron chi connectivity index (χ4n) is 1.99. The number of oxazole rings is 1. The van der Waals surface area contributed by atoms with E-state index in [0.29, 0.717) is 5.89 Å². The Hall–Kier alpha value is -2.05. The average Bonchev–Trinajstić information content (AvgIpc) is 3.14. The molecule has 7 nitrogen and oxygen atoms in total. The maximum atomic E-state index is 11.7. The molecule has 0 aromatic carbocycles. The number of aryl methyl sites for hydroxylation is 1. The highest BCUT2D eigenvalue weighted by Gasteiger charge is 2.33. The molecule has 110 valence electrons. The second-order valence-electron chi connectivity index (χ2n) is 4.94. The van der Waals surface area contributed by atoms with Crippen LogP contribution in [0.4, 0.5) is 4.79 Å². The number of nitrogens with one attached hydrogen (secondary N) is 2. The van der Waals surface area contributed by atoms with Crippen molar-refractivity contribution in [2.24, 2.45) is 5.92 Å². The van der Waals surface area contributed by atoms with Crippen LogP contribution in [0.25, 0.3) is 0 Å². The van der Waals surface area contributed by atoms with Crippen LogP contribution in [0.3, 0.4) is 0 Å². The maximum Gasteiger partial charge on any atom is 0.315 e. The lowest BCUT2D eigenvalue weighted by Crippen LogP contribution is -2.43. The Morgan fingerprint density at radius 3 is 2.85 bits per heavy atom. The predicted molar refractivity (Wildman–Crippen MR) is 70.0 cm³/mol. The van der Waals surface area contributed by atoms with Crippen LogP contribution in [0.15, 0.2) is 10.6 Å². The standard InChI is InChI=1S/C13H19N3O4/c1-2-9-6-14-11(20-9)7-15-13(19)16-10(5-12(17)18)8-3-4-8/h6,8,10H,2-5,7H2,1H3,(H,17,18)(H2,15,16,19). The minimum absolute atomic E-state index is 0.0446. The Kier molecular flexibility index (Phi) is 4.60. The first-order chi connectivity index (χ1) is 9.58. The highest BCUT2D eigenvalue weighted by atomic mass is 16.4. The molecule has 2 rings (SSSR count). The lowest BCUT2D eigenvalue weighted by molar-refractivity contribution is -0.137. The molecule has 1 atom stereocenters. The van der Waals surface area contributed by atoms with E-state index in [4.69, 9.17) is 9.52 Å². The number of carbonyl (C=O) groups is 2. The molecule has 1 fully saturated rings. The molecular formula is C13H19N3O4. The second kappa shape index (κ2) is 6.40. The van der Waals surface area contributed by atoms with Crippen LogP contribution in [0.2, 0.25) is 0 Å². The largest absolute Gasteiger partial charge is 0.481 e. The number of rotatable bonds is 7. The third-order valence-corrected chi connectivity index (χ3v) is 3.25. The molecule has 1 unspecified atom stereocenters. The molecular weight excluding hydrogens is 262 g/mol. The second-order valence-corrected chi connectivity index (χ2v) is 4.94. The summed E-state index contributed by atoms with van der Waals surface area (Å²) in [5, 5.41) is 14.1. The first-order valence-electron chi connectivity index (χ1n) is 6.78. The average molecular weight is 281 g/mol. The van der Waals surface area contributed by atoms with Crippen molar-refractivity contribution >= 4 is 12.0 Å². The highest BCUT2D eigenvalue weighted by Crippen LogP contribution is 2.33. The zero-order chi connectivity index (χ0) is 14.5. The summed E-state index contributed by atoms with van der Waals surface area (Å²) in [4.78, 5) is 26.5. The van der Waals surface area contributed by atoms with Gasteiger partial charge in [-0.15, -0.1) is 0 Å². The SMILES string of the molecule is CCc1cnc(CNC(=O)NC(CC(=O)O)C2CC2)o1. The van der Waals surface area contributed by atoms with E-state index in [1.165, 1.54) is 0 Å². The number of urea groups is 1. The number of carboxylic acid groups (broad SMARTS) is 1. The number of hydrogen-bond donors (Lipinski definition) is 3.